The molecule has 0 bridgehead atoms. The summed E-state index contributed by atoms with van der Waals surface area (Å²) in [5.74, 6) is -0.519. The Balaban J connectivity index is 1.56. The van der Waals surface area contributed by atoms with E-state index in [-0.39, 0.29) is 18.1 Å². The molecule has 1 aliphatic rings. The van der Waals surface area contributed by atoms with Crippen molar-refractivity contribution in [3.8, 4) is 11.5 Å². The number of rotatable bonds is 7. The number of barbiturate groups is 1. The maximum Gasteiger partial charge on any atom is 0.335 e. The normalized spacial score (nSPS) is 14.4. The molecule has 4 rings (SSSR count). The highest BCUT2D eigenvalue weighted by molar-refractivity contribution is 6.39. The lowest BCUT2D eigenvalue weighted by Gasteiger charge is -2.26. The summed E-state index contributed by atoms with van der Waals surface area (Å²) >= 11 is 0. The number of benzene rings is 3. The summed E-state index contributed by atoms with van der Waals surface area (Å²) in [5, 5.41) is 4.90. The number of anilines is 2. The summed E-state index contributed by atoms with van der Waals surface area (Å²) in [5.41, 5.74) is 2.06. The van der Waals surface area contributed by atoms with Gasteiger partial charge >= 0.3 is 6.03 Å². The SMILES string of the molecule is COc1ccc(/C=C2/C(=O)NC(=O)N(c3ccccc3)C2=O)cc1COc1ccc(NC(C)=O)cc1. The minimum Gasteiger partial charge on any atom is -0.496 e. The molecule has 2 N–H and O–H groups in total. The van der Waals surface area contributed by atoms with Gasteiger partial charge in [0.25, 0.3) is 11.8 Å². The van der Waals surface area contributed by atoms with E-state index < -0.39 is 17.8 Å². The Morgan fingerprint density at radius 2 is 1.72 bits per heavy atom. The molecule has 1 heterocycles. The molecule has 1 saturated heterocycles. The number of carbonyl (C=O) groups is 4. The zero-order valence-corrected chi connectivity index (χ0v) is 19.6. The van der Waals surface area contributed by atoms with E-state index in [1.54, 1.807) is 72.8 Å². The molecule has 0 atom stereocenters. The van der Waals surface area contributed by atoms with Crippen LogP contribution in [0.4, 0.5) is 16.2 Å². The zero-order chi connectivity index (χ0) is 25.7. The summed E-state index contributed by atoms with van der Waals surface area (Å²) < 4.78 is 11.3. The summed E-state index contributed by atoms with van der Waals surface area (Å²) in [6, 6.07) is 19.6. The second kappa shape index (κ2) is 10.6. The van der Waals surface area contributed by atoms with Crippen LogP contribution >= 0.6 is 0 Å². The molecule has 0 radical (unpaired) electrons. The maximum atomic E-state index is 13.1. The first-order chi connectivity index (χ1) is 17.4. The van der Waals surface area contributed by atoms with Gasteiger partial charge in [-0.05, 0) is 60.2 Å². The highest BCUT2D eigenvalue weighted by Gasteiger charge is 2.36. The monoisotopic (exact) mass is 485 g/mol. The second-order valence-electron chi connectivity index (χ2n) is 7.86. The molecule has 1 fully saturated rings. The van der Waals surface area contributed by atoms with Gasteiger partial charge in [0.05, 0.1) is 12.8 Å². The molecule has 3 aromatic rings. The number of hydrogen-bond donors (Lipinski definition) is 2. The van der Waals surface area contributed by atoms with Gasteiger partial charge in [0.15, 0.2) is 0 Å². The van der Waals surface area contributed by atoms with Gasteiger partial charge in [-0.2, -0.15) is 0 Å². The van der Waals surface area contributed by atoms with E-state index >= 15 is 0 Å². The lowest BCUT2D eigenvalue weighted by molar-refractivity contribution is -0.122. The molecular weight excluding hydrogens is 462 g/mol. The number of carbonyl (C=O) groups excluding carboxylic acids is 4. The van der Waals surface area contributed by atoms with Crippen LogP contribution < -0.4 is 25.0 Å². The number of ether oxygens (including phenoxy) is 2. The maximum absolute atomic E-state index is 13.1. The molecule has 9 nitrogen and oxygen atoms in total. The first-order valence-corrected chi connectivity index (χ1v) is 11.0. The van der Waals surface area contributed by atoms with Gasteiger partial charge in [-0.15, -0.1) is 0 Å². The Morgan fingerprint density at radius 3 is 2.39 bits per heavy atom. The highest BCUT2D eigenvalue weighted by atomic mass is 16.5. The number of imide groups is 2. The average Bonchev–Trinajstić information content (AvgIpc) is 2.86. The molecule has 0 aliphatic carbocycles. The van der Waals surface area contributed by atoms with Crippen molar-refractivity contribution in [2.45, 2.75) is 13.5 Å². The van der Waals surface area contributed by atoms with Crippen molar-refractivity contribution in [3.05, 3.63) is 89.5 Å². The van der Waals surface area contributed by atoms with E-state index in [0.717, 1.165) is 4.90 Å². The minimum absolute atomic E-state index is 0.147. The molecule has 5 amide bonds. The van der Waals surface area contributed by atoms with Gasteiger partial charge in [0.1, 0.15) is 23.7 Å². The average molecular weight is 485 g/mol. The van der Waals surface area contributed by atoms with Crippen LogP contribution in [0.3, 0.4) is 0 Å². The van der Waals surface area contributed by atoms with Crippen LogP contribution in [0, 0.1) is 0 Å². The number of nitrogens with one attached hydrogen (secondary N) is 2. The summed E-state index contributed by atoms with van der Waals surface area (Å²) in [7, 11) is 1.53. The molecule has 1 aliphatic heterocycles. The smallest absolute Gasteiger partial charge is 0.335 e. The number of hydrogen-bond acceptors (Lipinski definition) is 6. The molecule has 0 aromatic heterocycles. The predicted molar refractivity (Wildman–Crippen MR) is 134 cm³/mol. The van der Waals surface area contributed by atoms with Crippen molar-refractivity contribution in [1.29, 1.82) is 0 Å². The van der Waals surface area contributed by atoms with Crippen molar-refractivity contribution in [1.82, 2.24) is 5.32 Å². The molecule has 9 heteroatoms. The standard InChI is InChI=1S/C27H23N3O6/c1-17(31)28-20-9-11-22(12-10-20)36-16-19-14-18(8-13-24(19)35-2)15-23-25(32)29-27(34)30(26(23)33)21-6-4-3-5-7-21/h3-15H,16H2,1-2H3,(H,28,31)(H,29,32,34)/b23-15-. The van der Waals surface area contributed by atoms with Crippen molar-refractivity contribution in [2.75, 3.05) is 17.3 Å². The van der Waals surface area contributed by atoms with Gasteiger partial charge in [-0.3, -0.25) is 19.7 Å². The first-order valence-electron chi connectivity index (χ1n) is 11.0. The molecule has 182 valence electrons. The van der Waals surface area contributed by atoms with Crippen LogP contribution in [-0.4, -0.2) is 30.9 Å². The Kier molecular flexibility index (Phi) is 7.10. The van der Waals surface area contributed by atoms with Crippen molar-refractivity contribution >= 4 is 41.2 Å². The summed E-state index contributed by atoms with van der Waals surface area (Å²) in [6.45, 7) is 1.58. The van der Waals surface area contributed by atoms with Crippen LogP contribution in [0.1, 0.15) is 18.1 Å². The molecule has 36 heavy (non-hydrogen) atoms. The lowest BCUT2D eigenvalue weighted by Crippen LogP contribution is -2.54. The number of amides is 5. The fourth-order valence-corrected chi connectivity index (χ4v) is 3.64. The summed E-state index contributed by atoms with van der Waals surface area (Å²) in [4.78, 5) is 50.0. The Morgan fingerprint density at radius 1 is 1.00 bits per heavy atom. The van der Waals surface area contributed by atoms with Crippen LogP contribution in [-0.2, 0) is 21.0 Å². The van der Waals surface area contributed by atoms with Crippen LogP contribution in [0.15, 0.2) is 78.4 Å². The lowest BCUT2D eigenvalue weighted by atomic mass is 10.0. The fraction of sp³-hybridized carbons (Fsp3) is 0.111. The second-order valence-corrected chi connectivity index (χ2v) is 7.86. The first kappa shape index (κ1) is 24.2. The zero-order valence-electron chi connectivity index (χ0n) is 19.6. The van der Waals surface area contributed by atoms with Gasteiger partial charge in [0.2, 0.25) is 5.91 Å². The van der Waals surface area contributed by atoms with E-state index in [1.807, 2.05) is 0 Å². The molecule has 0 saturated carbocycles. The minimum atomic E-state index is -0.804. The Hall–Kier alpha value is -4.92. The van der Waals surface area contributed by atoms with E-state index in [0.29, 0.717) is 34.0 Å². The predicted octanol–water partition coefficient (Wildman–Crippen LogP) is 3.90. The topological polar surface area (TPSA) is 114 Å². The van der Waals surface area contributed by atoms with Crippen molar-refractivity contribution in [3.63, 3.8) is 0 Å². The molecule has 3 aromatic carbocycles. The third-order valence-electron chi connectivity index (χ3n) is 5.30. The van der Waals surface area contributed by atoms with Crippen molar-refractivity contribution < 1.29 is 28.7 Å². The third kappa shape index (κ3) is 5.41. The third-order valence-corrected chi connectivity index (χ3v) is 5.30. The van der Waals surface area contributed by atoms with Crippen LogP contribution in [0.5, 0.6) is 11.5 Å². The van der Waals surface area contributed by atoms with E-state index in [4.69, 9.17) is 9.47 Å². The Bertz CT molecular complexity index is 1350. The Labute approximate surface area is 207 Å². The number of methoxy groups -OCH3 is 1. The van der Waals surface area contributed by atoms with E-state index in [2.05, 4.69) is 10.6 Å². The van der Waals surface area contributed by atoms with E-state index in [9.17, 15) is 19.2 Å². The van der Waals surface area contributed by atoms with Crippen LogP contribution in [0.2, 0.25) is 0 Å². The summed E-state index contributed by atoms with van der Waals surface area (Å²) in [6.07, 6.45) is 1.42. The number of urea groups is 1. The fourth-order valence-electron chi connectivity index (χ4n) is 3.64. The largest absolute Gasteiger partial charge is 0.496 e. The molecule has 0 unspecified atom stereocenters. The van der Waals surface area contributed by atoms with Gasteiger partial charge < -0.3 is 14.8 Å². The number of nitrogens with zero attached hydrogens (tertiary/aromatic N) is 1. The van der Waals surface area contributed by atoms with E-state index in [1.165, 1.54) is 20.1 Å². The van der Waals surface area contributed by atoms with Crippen LogP contribution in [0.25, 0.3) is 6.08 Å². The van der Waals surface area contributed by atoms with Gasteiger partial charge in [-0.1, -0.05) is 24.3 Å². The quantitative estimate of drug-likeness (QED) is 0.388. The number of para-hydroxylation sites is 1. The van der Waals surface area contributed by atoms with Gasteiger partial charge in [-0.25, -0.2) is 9.69 Å². The molecule has 0 spiro atoms. The van der Waals surface area contributed by atoms with Crippen molar-refractivity contribution in [2.24, 2.45) is 0 Å². The highest BCUT2D eigenvalue weighted by Crippen LogP contribution is 2.26. The molecular formula is C27H23N3O6. The van der Waals surface area contributed by atoms with Gasteiger partial charge in [0, 0.05) is 18.2 Å².